The molecule has 0 aliphatic heterocycles. The number of hydrogen-bond acceptors (Lipinski definition) is 1. The van der Waals surface area contributed by atoms with Gasteiger partial charge in [-0.2, -0.15) is 8.78 Å². The van der Waals surface area contributed by atoms with Crippen LogP contribution in [0.15, 0.2) is 0 Å². The molecule has 0 aromatic rings. The van der Waals surface area contributed by atoms with E-state index in [2.05, 4.69) is 5.25 Å². The number of thioether (sulfide) groups is 1. The van der Waals surface area contributed by atoms with E-state index in [0.717, 1.165) is 12.2 Å². The minimum atomic E-state index is -2.48. The van der Waals surface area contributed by atoms with E-state index < -0.39 is 6.43 Å². The van der Waals surface area contributed by atoms with Gasteiger partial charge in [0.25, 0.3) is 6.43 Å². The van der Waals surface area contributed by atoms with Crippen LogP contribution in [0.25, 0.3) is 0 Å². The molecule has 0 saturated heterocycles. The molecule has 0 heterocycles. The molecule has 0 N–H and O–H groups in total. The van der Waals surface area contributed by atoms with Gasteiger partial charge in [0.1, 0.15) is 0 Å². The molecule has 0 rings (SSSR count). The van der Waals surface area contributed by atoms with Crippen molar-refractivity contribution in [3.63, 3.8) is 0 Å². The van der Waals surface area contributed by atoms with Crippen LogP contribution in [0.1, 0.15) is 13.3 Å². The van der Waals surface area contributed by atoms with Crippen LogP contribution >= 0.6 is 11.8 Å². The zero-order valence-electron chi connectivity index (χ0n) is 5.16. The summed E-state index contributed by atoms with van der Waals surface area (Å²) in [6, 6.07) is 0. The summed E-state index contributed by atoms with van der Waals surface area (Å²) < 4.78 is 22.6. The summed E-state index contributed by atoms with van der Waals surface area (Å²) in [6.45, 7) is 1.98. The van der Waals surface area contributed by atoms with Crippen molar-refractivity contribution in [2.45, 2.75) is 19.8 Å². The second-order valence-corrected chi connectivity index (χ2v) is 2.30. The van der Waals surface area contributed by atoms with E-state index in [0.29, 0.717) is 0 Å². The number of alkyl halides is 2. The van der Waals surface area contributed by atoms with Gasteiger partial charge in [-0.05, 0) is 17.6 Å². The highest BCUT2D eigenvalue weighted by atomic mass is 32.2. The SMILES string of the molecule is CCCSC#CC(F)F. The van der Waals surface area contributed by atoms with Gasteiger partial charge >= 0.3 is 0 Å². The Hall–Kier alpha value is -0.230. The van der Waals surface area contributed by atoms with Gasteiger partial charge in [0.2, 0.25) is 0 Å². The van der Waals surface area contributed by atoms with Crippen LogP contribution in [0, 0.1) is 11.2 Å². The molecular weight excluding hydrogens is 142 g/mol. The first-order valence-corrected chi connectivity index (χ1v) is 3.66. The van der Waals surface area contributed by atoms with Gasteiger partial charge in [0.15, 0.2) is 0 Å². The largest absolute Gasteiger partial charge is 0.299 e. The predicted molar refractivity (Wildman–Crippen MR) is 36.5 cm³/mol. The fourth-order valence-corrected chi connectivity index (χ4v) is 0.718. The summed E-state index contributed by atoms with van der Waals surface area (Å²) in [5.74, 6) is 2.59. The zero-order chi connectivity index (χ0) is 7.11. The minimum absolute atomic E-state index is 0.833. The lowest BCUT2D eigenvalue weighted by Crippen LogP contribution is -1.79. The van der Waals surface area contributed by atoms with Gasteiger partial charge in [-0.15, -0.1) is 0 Å². The van der Waals surface area contributed by atoms with E-state index in [9.17, 15) is 8.78 Å². The molecule has 0 spiro atoms. The van der Waals surface area contributed by atoms with Crippen LogP contribution in [0.3, 0.4) is 0 Å². The van der Waals surface area contributed by atoms with E-state index in [-0.39, 0.29) is 0 Å². The zero-order valence-corrected chi connectivity index (χ0v) is 5.97. The number of hydrogen-bond donors (Lipinski definition) is 0. The molecule has 9 heavy (non-hydrogen) atoms. The van der Waals surface area contributed by atoms with Gasteiger partial charge in [-0.1, -0.05) is 18.7 Å². The second-order valence-electron chi connectivity index (χ2n) is 1.40. The standard InChI is InChI=1S/C6H8F2S/c1-2-4-9-5-3-6(7)8/h6H,2,4H2,1H3. The molecule has 0 unspecified atom stereocenters. The summed E-state index contributed by atoms with van der Waals surface area (Å²) in [6.07, 6.45) is -1.50. The van der Waals surface area contributed by atoms with Crippen molar-refractivity contribution in [1.82, 2.24) is 0 Å². The van der Waals surface area contributed by atoms with Crippen LogP contribution < -0.4 is 0 Å². The van der Waals surface area contributed by atoms with Crippen molar-refractivity contribution < 1.29 is 8.78 Å². The topological polar surface area (TPSA) is 0 Å². The molecule has 0 atom stereocenters. The lowest BCUT2D eigenvalue weighted by Gasteiger charge is -1.83. The molecule has 0 radical (unpaired) electrons. The Balaban J connectivity index is 3.16. The molecular formula is C6H8F2S. The lowest BCUT2D eigenvalue weighted by atomic mass is 10.6. The van der Waals surface area contributed by atoms with Gasteiger partial charge < -0.3 is 0 Å². The fraction of sp³-hybridized carbons (Fsp3) is 0.667. The fourth-order valence-electron chi connectivity index (χ4n) is 0.239. The third-order valence-electron chi connectivity index (χ3n) is 0.546. The van der Waals surface area contributed by atoms with Gasteiger partial charge in [0, 0.05) is 5.75 Å². The average molecular weight is 150 g/mol. The summed E-state index contributed by atoms with van der Waals surface area (Å²) in [5.41, 5.74) is 0. The lowest BCUT2D eigenvalue weighted by molar-refractivity contribution is 0.215. The molecule has 3 heteroatoms. The average Bonchev–Trinajstić information content (AvgIpc) is 1.80. The normalized spacial score (nSPS) is 8.89. The first-order chi connectivity index (χ1) is 4.27. The Labute approximate surface area is 58.0 Å². The van der Waals surface area contributed by atoms with E-state index in [1.54, 1.807) is 5.92 Å². The Morgan fingerprint density at radius 1 is 1.56 bits per heavy atom. The Bertz CT molecular complexity index is 112. The van der Waals surface area contributed by atoms with Crippen molar-refractivity contribution in [1.29, 1.82) is 0 Å². The summed E-state index contributed by atoms with van der Waals surface area (Å²) in [7, 11) is 0. The third-order valence-corrected chi connectivity index (χ3v) is 1.42. The maximum absolute atomic E-state index is 11.3. The van der Waals surface area contributed by atoms with Crippen LogP contribution in [0.4, 0.5) is 8.78 Å². The van der Waals surface area contributed by atoms with Crippen molar-refractivity contribution in [3.05, 3.63) is 0 Å². The maximum atomic E-state index is 11.3. The smallest absolute Gasteiger partial charge is 0.196 e. The summed E-state index contributed by atoms with van der Waals surface area (Å²) in [4.78, 5) is 0. The van der Waals surface area contributed by atoms with Crippen molar-refractivity contribution in [3.8, 4) is 11.2 Å². The molecule has 0 aliphatic rings. The number of rotatable bonds is 2. The monoisotopic (exact) mass is 150 g/mol. The van der Waals surface area contributed by atoms with Gasteiger partial charge in [-0.25, -0.2) is 0 Å². The van der Waals surface area contributed by atoms with Crippen molar-refractivity contribution in [2.75, 3.05) is 5.75 Å². The molecule has 0 amide bonds. The van der Waals surface area contributed by atoms with Crippen LogP contribution in [-0.4, -0.2) is 12.2 Å². The first kappa shape index (κ1) is 8.77. The first-order valence-electron chi connectivity index (χ1n) is 2.68. The maximum Gasteiger partial charge on any atom is 0.299 e. The molecule has 0 aliphatic carbocycles. The predicted octanol–water partition coefficient (Wildman–Crippen LogP) is 2.36. The quantitative estimate of drug-likeness (QED) is 0.430. The Morgan fingerprint density at radius 3 is 2.67 bits per heavy atom. The van der Waals surface area contributed by atoms with E-state index in [1.807, 2.05) is 6.92 Å². The van der Waals surface area contributed by atoms with Gasteiger partial charge in [-0.3, -0.25) is 0 Å². The molecule has 0 saturated carbocycles. The molecule has 0 nitrogen and oxygen atoms in total. The van der Waals surface area contributed by atoms with E-state index in [1.165, 1.54) is 11.8 Å². The van der Waals surface area contributed by atoms with Gasteiger partial charge in [0.05, 0.1) is 0 Å². The number of halogens is 2. The van der Waals surface area contributed by atoms with E-state index in [4.69, 9.17) is 0 Å². The molecule has 0 fully saturated rings. The Morgan fingerprint density at radius 2 is 2.22 bits per heavy atom. The third kappa shape index (κ3) is 7.77. The van der Waals surface area contributed by atoms with E-state index >= 15 is 0 Å². The van der Waals surface area contributed by atoms with Crippen molar-refractivity contribution >= 4 is 11.8 Å². The van der Waals surface area contributed by atoms with Crippen LogP contribution in [0.2, 0.25) is 0 Å². The molecule has 52 valence electrons. The minimum Gasteiger partial charge on any atom is -0.196 e. The second kappa shape index (κ2) is 5.90. The molecule has 0 aromatic carbocycles. The Kier molecular flexibility index (Phi) is 5.75. The summed E-state index contributed by atoms with van der Waals surface area (Å²) >= 11 is 1.24. The summed E-state index contributed by atoms with van der Waals surface area (Å²) in [5, 5.41) is 2.30. The molecule has 0 aromatic heterocycles. The highest BCUT2D eigenvalue weighted by Gasteiger charge is 1.89. The van der Waals surface area contributed by atoms with Crippen molar-refractivity contribution in [2.24, 2.45) is 0 Å². The highest BCUT2D eigenvalue weighted by molar-refractivity contribution is 8.03. The van der Waals surface area contributed by atoms with Crippen LogP contribution in [0.5, 0.6) is 0 Å². The highest BCUT2D eigenvalue weighted by Crippen LogP contribution is 1.99. The molecule has 0 bridgehead atoms. The van der Waals surface area contributed by atoms with Crippen LogP contribution in [-0.2, 0) is 0 Å².